The van der Waals surface area contributed by atoms with E-state index in [9.17, 15) is 4.79 Å². The number of aromatic nitrogens is 1. The third-order valence-electron chi connectivity index (χ3n) is 2.61. The van der Waals surface area contributed by atoms with Gasteiger partial charge < -0.3 is 11.1 Å². The van der Waals surface area contributed by atoms with Gasteiger partial charge in [-0.2, -0.15) is 0 Å². The smallest absolute Gasteiger partial charge is 0.256 e. The van der Waals surface area contributed by atoms with Crippen molar-refractivity contribution in [2.45, 2.75) is 6.92 Å². The highest BCUT2D eigenvalue weighted by Gasteiger charge is 2.12. The Kier molecular flexibility index (Phi) is 3.48. The predicted octanol–water partition coefficient (Wildman–Crippen LogP) is 2.88. The van der Waals surface area contributed by atoms with E-state index in [2.05, 4.69) is 10.3 Å². The van der Waals surface area contributed by atoms with E-state index in [4.69, 9.17) is 17.3 Å². The lowest BCUT2D eigenvalue weighted by molar-refractivity contribution is 0.102. The van der Waals surface area contributed by atoms with Crippen LogP contribution < -0.4 is 11.1 Å². The number of hydrogen-bond acceptors (Lipinski definition) is 3. The summed E-state index contributed by atoms with van der Waals surface area (Å²) in [6.07, 6.45) is 3.05. The molecule has 4 nitrogen and oxygen atoms in total. The number of anilines is 2. The number of pyridine rings is 1. The van der Waals surface area contributed by atoms with Gasteiger partial charge in [-0.05, 0) is 30.7 Å². The molecule has 0 aliphatic heterocycles. The van der Waals surface area contributed by atoms with Crippen molar-refractivity contribution in [3.63, 3.8) is 0 Å². The highest BCUT2D eigenvalue weighted by atomic mass is 35.5. The van der Waals surface area contributed by atoms with Crippen molar-refractivity contribution in [3.8, 4) is 0 Å². The molecule has 0 fully saturated rings. The molecule has 0 unspecified atom stereocenters. The van der Waals surface area contributed by atoms with Crippen molar-refractivity contribution in [1.29, 1.82) is 0 Å². The summed E-state index contributed by atoms with van der Waals surface area (Å²) in [6.45, 7) is 1.80. The van der Waals surface area contributed by atoms with Gasteiger partial charge in [0.15, 0.2) is 0 Å². The first kappa shape index (κ1) is 12.4. The van der Waals surface area contributed by atoms with E-state index >= 15 is 0 Å². The van der Waals surface area contributed by atoms with E-state index in [1.54, 1.807) is 37.4 Å². The van der Waals surface area contributed by atoms with Crippen LogP contribution in [0.1, 0.15) is 15.9 Å². The number of amides is 1. The maximum absolute atomic E-state index is 12.1. The van der Waals surface area contributed by atoms with Crippen molar-refractivity contribution in [3.05, 3.63) is 52.8 Å². The fourth-order valence-electron chi connectivity index (χ4n) is 1.56. The number of rotatable bonds is 2. The van der Waals surface area contributed by atoms with E-state index in [1.165, 1.54) is 6.20 Å². The zero-order chi connectivity index (χ0) is 13.1. The lowest BCUT2D eigenvalue weighted by Crippen LogP contribution is -2.14. The van der Waals surface area contributed by atoms with Gasteiger partial charge in [0.1, 0.15) is 0 Å². The number of carbonyl (C=O) groups excluding carboxylic acids is 1. The summed E-state index contributed by atoms with van der Waals surface area (Å²) in [5.41, 5.74) is 7.94. The van der Waals surface area contributed by atoms with Crippen molar-refractivity contribution >= 4 is 28.9 Å². The van der Waals surface area contributed by atoms with Crippen LogP contribution in [0.5, 0.6) is 0 Å². The number of halogens is 1. The Labute approximate surface area is 110 Å². The fourth-order valence-corrected chi connectivity index (χ4v) is 1.74. The Morgan fingerprint density at radius 3 is 2.89 bits per heavy atom. The molecule has 0 aliphatic rings. The lowest BCUT2D eigenvalue weighted by Gasteiger charge is -2.10. The minimum atomic E-state index is -0.243. The van der Waals surface area contributed by atoms with E-state index in [0.717, 1.165) is 5.56 Å². The summed E-state index contributed by atoms with van der Waals surface area (Å²) in [5.74, 6) is -0.243. The molecule has 1 heterocycles. The van der Waals surface area contributed by atoms with Crippen LogP contribution in [-0.4, -0.2) is 10.9 Å². The molecule has 5 heteroatoms. The molecule has 0 atom stereocenters. The molecule has 0 aliphatic carbocycles. The SMILES string of the molecule is Cc1c(Cl)cccc1C(=O)Nc1ccncc1N. The zero-order valence-electron chi connectivity index (χ0n) is 9.77. The molecule has 18 heavy (non-hydrogen) atoms. The Balaban J connectivity index is 2.28. The average Bonchev–Trinajstić information content (AvgIpc) is 2.35. The fraction of sp³-hybridized carbons (Fsp3) is 0.0769. The molecule has 1 amide bonds. The molecule has 0 radical (unpaired) electrons. The topological polar surface area (TPSA) is 68.0 Å². The van der Waals surface area contributed by atoms with Gasteiger partial charge in [-0.25, -0.2) is 0 Å². The molecular weight excluding hydrogens is 250 g/mol. The normalized spacial score (nSPS) is 10.1. The largest absolute Gasteiger partial charge is 0.396 e. The average molecular weight is 262 g/mol. The number of nitrogens with two attached hydrogens (primary N) is 1. The van der Waals surface area contributed by atoms with E-state index < -0.39 is 0 Å². The zero-order valence-corrected chi connectivity index (χ0v) is 10.5. The second-order valence-electron chi connectivity index (χ2n) is 3.83. The van der Waals surface area contributed by atoms with Crippen LogP contribution in [0.25, 0.3) is 0 Å². The Bertz CT molecular complexity index is 599. The quantitative estimate of drug-likeness (QED) is 0.873. The highest BCUT2D eigenvalue weighted by Crippen LogP contribution is 2.21. The van der Waals surface area contributed by atoms with Crippen LogP contribution in [0.4, 0.5) is 11.4 Å². The van der Waals surface area contributed by atoms with Gasteiger partial charge in [0.2, 0.25) is 0 Å². The van der Waals surface area contributed by atoms with E-state index in [0.29, 0.717) is 22.0 Å². The Hall–Kier alpha value is -2.07. The van der Waals surface area contributed by atoms with Gasteiger partial charge in [-0.1, -0.05) is 17.7 Å². The van der Waals surface area contributed by atoms with Gasteiger partial charge in [0.25, 0.3) is 5.91 Å². The van der Waals surface area contributed by atoms with Gasteiger partial charge in [0.05, 0.1) is 17.6 Å². The lowest BCUT2D eigenvalue weighted by atomic mass is 10.1. The molecular formula is C13H12ClN3O. The van der Waals surface area contributed by atoms with Crippen molar-refractivity contribution < 1.29 is 4.79 Å². The van der Waals surface area contributed by atoms with Gasteiger partial charge in [-0.3, -0.25) is 9.78 Å². The molecule has 2 rings (SSSR count). The van der Waals surface area contributed by atoms with Crippen LogP contribution in [0.3, 0.4) is 0 Å². The molecule has 92 valence electrons. The van der Waals surface area contributed by atoms with Crippen LogP contribution in [0.15, 0.2) is 36.7 Å². The summed E-state index contributed by atoms with van der Waals surface area (Å²) in [6, 6.07) is 6.84. The molecule has 3 N–H and O–H groups in total. The highest BCUT2D eigenvalue weighted by molar-refractivity contribution is 6.32. The molecule has 2 aromatic rings. The maximum atomic E-state index is 12.1. The van der Waals surface area contributed by atoms with Crippen molar-refractivity contribution in [2.24, 2.45) is 0 Å². The van der Waals surface area contributed by atoms with Gasteiger partial charge in [0, 0.05) is 16.8 Å². The molecule has 0 saturated heterocycles. The van der Waals surface area contributed by atoms with Crippen LogP contribution in [0.2, 0.25) is 5.02 Å². The van der Waals surface area contributed by atoms with Crippen LogP contribution in [0, 0.1) is 6.92 Å². The third-order valence-corrected chi connectivity index (χ3v) is 3.02. The predicted molar refractivity (Wildman–Crippen MR) is 72.8 cm³/mol. The number of hydrogen-bond donors (Lipinski definition) is 2. The maximum Gasteiger partial charge on any atom is 0.256 e. The summed E-state index contributed by atoms with van der Waals surface area (Å²) < 4.78 is 0. The Morgan fingerprint density at radius 2 is 2.17 bits per heavy atom. The van der Waals surface area contributed by atoms with E-state index in [1.807, 2.05) is 0 Å². The second kappa shape index (κ2) is 5.06. The molecule has 0 bridgehead atoms. The molecule has 1 aromatic heterocycles. The number of carbonyl (C=O) groups is 1. The first-order valence-corrected chi connectivity index (χ1v) is 5.73. The summed E-state index contributed by atoms with van der Waals surface area (Å²) in [5, 5.41) is 3.29. The minimum absolute atomic E-state index is 0.243. The molecule has 0 spiro atoms. The van der Waals surface area contributed by atoms with Gasteiger partial charge in [-0.15, -0.1) is 0 Å². The first-order chi connectivity index (χ1) is 8.59. The first-order valence-electron chi connectivity index (χ1n) is 5.35. The Morgan fingerprint density at radius 1 is 1.39 bits per heavy atom. The molecule has 0 saturated carbocycles. The monoisotopic (exact) mass is 261 g/mol. The van der Waals surface area contributed by atoms with Crippen LogP contribution >= 0.6 is 11.6 Å². The number of nitrogen functional groups attached to an aromatic ring is 1. The molecule has 1 aromatic carbocycles. The summed E-state index contributed by atoms with van der Waals surface area (Å²) in [7, 11) is 0. The van der Waals surface area contributed by atoms with Gasteiger partial charge >= 0.3 is 0 Å². The summed E-state index contributed by atoms with van der Waals surface area (Å²) in [4.78, 5) is 16.0. The van der Waals surface area contributed by atoms with Crippen molar-refractivity contribution in [2.75, 3.05) is 11.1 Å². The standard InChI is InChI=1S/C13H12ClN3O/c1-8-9(3-2-4-10(8)14)13(18)17-12-5-6-16-7-11(12)15/h2-7H,15H2,1H3,(H,16,17,18). The number of benzene rings is 1. The number of nitrogens with one attached hydrogen (secondary N) is 1. The summed E-state index contributed by atoms with van der Waals surface area (Å²) >= 11 is 5.98. The number of nitrogens with zero attached hydrogens (tertiary/aromatic N) is 1. The van der Waals surface area contributed by atoms with Crippen LogP contribution in [-0.2, 0) is 0 Å². The van der Waals surface area contributed by atoms with E-state index in [-0.39, 0.29) is 5.91 Å². The third kappa shape index (κ3) is 2.43. The minimum Gasteiger partial charge on any atom is -0.396 e. The van der Waals surface area contributed by atoms with Crippen molar-refractivity contribution in [1.82, 2.24) is 4.98 Å². The second-order valence-corrected chi connectivity index (χ2v) is 4.24.